The standard InChI is InChI=1S/C23H26N4O3/c1-11-13(3)18(7-5-16(11)24)26-22-15(10-28)23(21(30)9-20(22)29)27-19-8-6-17(25)12(2)14(19)4/h5-9,26,28,30H,10,24-25H2,1-4H3/b27-23-. The molecule has 0 saturated carbocycles. The Kier molecular flexibility index (Phi) is 5.67. The number of aliphatic hydroxyl groups is 2. The van der Waals surface area contributed by atoms with E-state index in [1.54, 1.807) is 24.3 Å². The van der Waals surface area contributed by atoms with Gasteiger partial charge >= 0.3 is 0 Å². The first-order valence-corrected chi connectivity index (χ1v) is 9.52. The topological polar surface area (TPSA) is 134 Å². The zero-order valence-electron chi connectivity index (χ0n) is 17.5. The van der Waals surface area contributed by atoms with Crippen LogP contribution in [-0.4, -0.2) is 28.3 Å². The van der Waals surface area contributed by atoms with Crippen molar-refractivity contribution < 1.29 is 15.0 Å². The highest BCUT2D eigenvalue weighted by atomic mass is 16.3. The van der Waals surface area contributed by atoms with Crippen molar-refractivity contribution in [1.29, 1.82) is 0 Å². The van der Waals surface area contributed by atoms with E-state index in [2.05, 4.69) is 10.3 Å². The van der Waals surface area contributed by atoms with Gasteiger partial charge in [-0.2, -0.15) is 0 Å². The van der Waals surface area contributed by atoms with Gasteiger partial charge in [-0.15, -0.1) is 0 Å². The number of carbonyl (C=O) groups is 1. The molecule has 0 bridgehead atoms. The summed E-state index contributed by atoms with van der Waals surface area (Å²) in [4.78, 5) is 17.2. The molecule has 0 unspecified atom stereocenters. The molecule has 1 aliphatic carbocycles. The molecule has 1 aliphatic rings. The number of benzene rings is 2. The maximum Gasteiger partial charge on any atom is 0.206 e. The van der Waals surface area contributed by atoms with Crippen LogP contribution < -0.4 is 16.8 Å². The molecule has 3 rings (SSSR count). The molecular formula is C23H26N4O3. The van der Waals surface area contributed by atoms with Crippen LogP contribution >= 0.6 is 0 Å². The van der Waals surface area contributed by atoms with Gasteiger partial charge in [-0.3, -0.25) is 4.79 Å². The van der Waals surface area contributed by atoms with Gasteiger partial charge in [0.25, 0.3) is 0 Å². The fourth-order valence-electron chi connectivity index (χ4n) is 3.28. The third kappa shape index (κ3) is 3.67. The lowest BCUT2D eigenvalue weighted by Crippen LogP contribution is -2.26. The summed E-state index contributed by atoms with van der Waals surface area (Å²) in [5.74, 6) is -0.747. The number of nitrogens with two attached hydrogens (primary N) is 2. The van der Waals surface area contributed by atoms with Gasteiger partial charge in [0.2, 0.25) is 5.78 Å². The summed E-state index contributed by atoms with van der Waals surface area (Å²) >= 11 is 0. The van der Waals surface area contributed by atoms with E-state index in [0.717, 1.165) is 28.3 Å². The van der Waals surface area contributed by atoms with Crippen LogP contribution in [0, 0.1) is 27.7 Å². The number of hydrogen-bond donors (Lipinski definition) is 5. The number of carbonyl (C=O) groups excluding carboxylic acids is 1. The quantitative estimate of drug-likeness (QED) is 0.389. The summed E-state index contributed by atoms with van der Waals surface area (Å²) < 4.78 is 0. The largest absolute Gasteiger partial charge is 0.506 e. The van der Waals surface area contributed by atoms with Crippen molar-refractivity contribution in [2.45, 2.75) is 27.7 Å². The number of ketones is 1. The van der Waals surface area contributed by atoms with Crippen LogP contribution in [0.25, 0.3) is 0 Å². The van der Waals surface area contributed by atoms with Crippen molar-refractivity contribution in [3.8, 4) is 0 Å². The van der Waals surface area contributed by atoms with E-state index in [0.29, 0.717) is 22.7 Å². The highest BCUT2D eigenvalue weighted by molar-refractivity contribution is 6.25. The van der Waals surface area contributed by atoms with Crippen LogP contribution in [0.1, 0.15) is 22.3 Å². The molecule has 0 amide bonds. The van der Waals surface area contributed by atoms with Crippen LogP contribution in [0.5, 0.6) is 0 Å². The maximum absolute atomic E-state index is 12.6. The SMILES string of the molecule is Cc1c(N)ccc(/N=C2\C(O)=CC(=O)C(Nc3ccc(N)c(C)c3C)=C2CO)c1C. The van der Waals surface area contributed by atoms with E-state index in [-0.39, 0.29) is 22.7 Å². The van der Waals surface area contributed by atoms with Crippen LogP contribution in [0.15, 0.2) is 52.4 Å². The summed E-state index contributed by atoms with van der Waals surface area (Å²) in [6, 6.07) is 7.00. The second kappa shape index (κ2) is 8.04. The third-order valence-electron chi connectivity index (χ3n) is 5.62. The molecule has 7 N–H and O–H groups in total. The fourth-order valence-corrected chi connectivity index (χ4v) is 3.28. The summed E-state index contributed by atoms with van der Waals surface area (Å²) in [5, 5.41) is 23.6. The second-order valence-electron chi connectivity index (χ2n) is 7.37. The molecule has 0 fully saturated rings. The average Bonchev–Trinajstić information content (AvgIpc) is 2.71. The predicted molar refractivity (Wildman–Crippen MR) is 121 cm³/mol. The Morgan fingerprint density at radius 2 is 1.53 bits per heavy atom. The summed E-state index contributed by atoms with van der Waals surface area (Å²) in [6.45, 7) is 7.07. The lowest BCUT2D eigenvalue weighted by molar-refractivity contribution is -0.111. The minimum Gasteiger partial charge on any atom is -0.506 e. The molecule has 0 saturated heterocycles. The van der Waals surface area contributed by atoms with Crippen molar-refractivity contribution in [3.63, 3.8) is 0 Å². The number of nitrogens with one attached hydrogen (secondary N) is 1. The van der Waals surface area contributed by atoms with Crippen molar-refractivity contribution in [2.24, 2.45) is 4.99 Å². The summed E-state index contributed by atoms with van der Waals surface area (Å²) in [6.07, 6.45) is 1.10. The number of aliphatic hydroxyl groups excluding tert-OH is 2. The van der Waals surface area contributed by atoms with E-state index in [4.69, 9.17) is 11.5 Å². The molecule has 0 aromatic heterocycles. The van der Waals surface area contributed by atoms with Crippen molar-refractivity contribution in [2.75, 3.05) is 23.4 Å². The Morgan fingerprint density at radius 3 is 2.17 bits per heavy atom. The highest BCUT2D eigenvalue weighted by Gasteiger charge is 2.27. The molecule has 2 aromatic carbocycles. The van der Waals surface area contributed by atoms with Gasteiger partial charge in [-0.05, 0) is 74.2 Å². The van der Waals surface area contributed by atoms with Crippen LogP contribution in [0.4, 0.5) is 22.7 Å². The maximum atomic E-state index is 12.6. The first-order chi connectivity index (χ1) is 14.1. The molecule has 0 atom stereocenters. The zero-order valence-corrected chi connectivity index (χ0v) is 17.5. The predicted octanol–water partition coefficient (Wildman–Crippen LogP) is 3.54. The fraction of sp³-hybridized carbons (Fsp3) is 0.217. The van der Waals surface area contributed by atoms with Gasteiger partial charge < -0.3 is 27.0 Å². The average molecular weight is 406 g/mol. The Morgan fingerprint density at radius 1 is 0.933 bits per heavy atom. The van der Waals surface area contributed by atoms with Crippen LogP contribution in [0.3, 0.4) is 0 Å². The lowest BCUT2D eigenvalue weighted by atomic mass is 9.96. The van der Waals surface area contributed by atoms with Crippen molar-refractivity contribution in [3.05, 3.63) is 69.6 Å². The molecule has 0 aliphatic heterocycles. The monoisotopic (exact) mass is 406 g/mol. The molecule has 0 spiro atoms. The van der Waals surface area contributed by atoms with Crippen LogP contribution in [-0.2, 0) is 4.79 Å². The first-order valence-electron chi connectivity index (χ1n) is 9.52. The summed E-state index contributed by atoms with van der Waals surface area (Å²) in [7, 11) is 0. The summed E-state index contributed by atoms with van der Waals surface area (Å²) in [5.41, 5.74) is 18.5. The molecule has 156 valence electrons. The van der Waals surface area contributed by atoms with Gasteiger partial charge in [0.1, 0.15) is 11.5 Å². The van der Waals surface area contributed by atoms with Crippen molar-refractivity contribution in [1.82, 2.24) is 0 Å². The zero-order chi connectivity index (χ0) is 22.2. The number of hydrogen-bond acceptors (Lipinski definition) is 7. The number of nitrogens with zero attached hydrogens (tertiary/aromatic N) is 1. The minimum atomic E-state index is -0.481. The Bertz CT molecular complexity index is 1140. The Hall–Kier alpha value is -3.58. The van der Waals surface area contributed by atoms with E-state index in [9.17, 15) is 15.0 Å². The van der Waals surface area contributed by atoms with Gasteiger partial charge in [0, 0.05) is 28.7 Å². The minimum absolute atomic E-state index is 0.136. The van der Waals surface area contributed by atoms with Gasteiger partial charge in [0.15, 0.2) is 0 Å². The number of rotatable bonds is 4. The van der Waals surface area contributed by atoms with E-state index < -0.39 is 12.4 Å². The smallest absolute Gasteiger partial charge is 0.206 e. The normalized spacial score (nSPS) is 15.6. The van der Waals surface area contributed by atoms with Gasteiger partial charge in [-0.1, -0.05) is 0 Å². The second-order valence-corrected chi connectivity index (χ2v) is 7.37. The molecule has 0 radical (unpaired) electrons. The molecule has 7 nitrogen and oxygen atoms in total. The lowest BCUT2D eigenvalue weighted by Gasteiger charge is -2.21. The van der Waals surface area contributed by atoms with Crippen molar-refractivity contribution >= 4 is 34.2 Å². The molecule has 2 aromatic rings. The van der Waals surface area contributed by atoms with Gasteiger partial charge in [0.05, 0.1) is 18.0 Å². The molecule has 30 heavy (non-hydrogen) atoms. The van der Waals surface area contributed by atoms with E-state index >= 15 is 0 Å². The Labute approximate surface area is 175 Å². The third-order valence-corrected chi connectivity index (χ3v) is 5.62. The number of allylic oxidation sites excluding steroid dienone is 2. The van der Waals surface area contributed by atoms with E-state index in [1.807, 2.05) is 27.7 Å². The van der Waals surface area contributed by atoms with Crippen LogP contribution in [0.2, 0.25) is 0 Å². The number of anilines is 3. The molecule has 0 heterocycles. The highest BCUT2D eigenvalue weighted by Crippen LogP contribution is 2.31. The Balaban J connectivity index is 2.14. The van der Waals surface area contributed by atoms with Gasteiger partial charge in [-0.25, -0.2) is 4.99 Å². The molecule has 7 heteroatoms. The number of aliphatic imine (C=N–C) groups is 1. The number of nitrogen functional groups attached to an aromatic ring is 2. The molecular weight excluding hydrogens is 380 g/mol. The first kappa shape index (κ1) is 21.1. The van der Waals surface area contributed by atoms with E-state index in [1.165, 1.54) is 0 Å².